The molecule has 0 spiro atoms. The average Bonchev–Trinajstić information content (AvgIpc) is 2.27. The minimum absolute atomic E-state index is 0.140. The van der Waals surface area contributed by atoms with Crippen LogP contribution in [0.5, 0.6) is 0 Å². The lowest BCUT2D eigenvalue weighted by Crippen LogP contribution is -2.34. The molecule has 2 N–H and O–H groups in total. The lowest BCUT2D eigenvalue weighted by Gasteiger charge is -2.11. The largest absolute Gasteiger partial charge is 0.465 e. The van der Waals surface area contributed by atoms with Crippen LogP contribution in [-0.2, 0) is 12.6 Å². The first-order chi connectivity index (χ1) is 8.32. The molecule has 1 aromatic carbocycles. The zero-order valence-electron chi connectivity index (χ0n) is 9.16. The van der Waals surface area contributed by atoms with E-state index in [0.29, 0.717) is 5.56 Å². The van der Waals surface area contributed by atoms with Gasteiger partial charge in [-0.15, -0.1) is 6.42 Å². The third-order valence-electron chi connectivity index (χ3n) is 2.22. The van der Waals surface area contributed by atoms with Crippen molar-refractivity contribution in [2.45, 2.75) is 18.6 Å². The lowest BCUT2D eigenvalue weighted by atomic mass is 10.0. The third kappa shape index (κ3) is 4.01. The molecule has 0 saturated heterocycles. The standard InChI is InChI=1S/C12H10F3NO2/c1-2-10(16-11(17)18)7-8-3-5-9(6-4-8)12(13,14)15/h1,3-6,10,16H,7H2,(H,17,18). The van der Waals surface area contributed by atoms with Crippen molar-refractivity contribution in [3.05, 3.63) is 35.4 Å². The highest BCUT2D eigenvalue weighted by Gasteiger charge is 2.29. The van der Waals surface area contributed by atoms with Crippen molar-refractivity contribution in [3.63, 3.8) is 0 Å². The summed E-state index contributed by atoms with van der Waals surface area (Å²) < 4.78 is 36.9. The van der Waals surface area contributed by atoms with Gasteiger partial charge in [0.1, 0.15) is 0 Å². The van der Waals surface area contributed by atoms with E-state index in [0.717, 1.165) is 12.1 Å². The molecule has 0 saturated carbocycles. The normalized spacial score (nSPS) is 12.6. The van der Waals surface area contributed by atoms with Gasteiger partial charge in [-0.25, -0.2) is 4.79 Å². The molecule has 1 unspecified atom stereocenters. The quantitative estimate of drug-likeness (QED) is 0.817. The highest BCUT2D eigenvalue weighted by molar-refractivity contribution is 5.65. The highest BCUT2D eigenvalue weighted by atomic mass is 19.4. The predicted molar refractivity (Wildman–Crippen MR) is 58.9 cm³/mol. The summed E-state index contributed by atoms with van der Waals surface area (Å²) in [6, 6.07) is 3.65. The molecule has 0 aromatic heterocycles. The van der Waals surface area contributed by atoms with Gasteiger partial charge in [0.25, 0.3) is 0 Å². The number of rotatable bonds is 3. The number of benzene rings is 1. The molecular formula is C12H10F3NO2. The van der Waals surface area contributed by atoms with Gasteiger partial charge in [-0.3, -0.25) is 0 Å². The summed E-state index contributed by atoms with van der Waals surface area (Å²) in [6.45, 7) is 0. The summed E-state index contributed by atoms with van der Waals surface area (Å²) in [5.74, 6) is 2.21. The van der Waals surface area contributed by atoms with Crippen LogP contribution in [0.3, 0.4) is 0 Å². The topological polar surface area (TPSA) is 49.3 Å². The number of carboxylic acid groups (broad SMARTS) is 1. The van der Waals surface area contributed by atoms with E-state index in [2.05, 4.69) is 11.2 Å². The number of amides is 1. The van der Waals surface area contributed by atoms with Crippen molar-refractivity contribution in [2.24, 2.45) is 0 Å². The van der Waals surface area contributed by atoms with E-state index in [1.54, 1.807) is 0 Å². The highest BCUT2D eigenvalue weighted by Crippen LogP contribution is 2.29. The minimum Gasteiger partial charge on any atom is -0.465 e. The van der Waals surface area contributed by atoms with Crippen LogP contribution < -0.4 is 5.32 Å². The Morgan fingerprint density at radius 2 is 1.94 bits per heavy atom. The molecule has 0 aliphatic rings. The first kappa shape index (κ1) is 13.9. The number of halogens is 3. The number of hydrogen-bond acceptors (Lipinski definition) is 1. The lowest BCUT2D eigenvalue weighted by molar-refractivity contribution is -0.137. The van der Waals surface area contributed by atoms with Crippen LogP contribution in [0.4, 0.5) is 18.0 Å². The molecule has 1 rings (SSSR count). The summed E-state index contributed by atoms with van der Waals surface area (Å²) in [5, 5.41) is 10.6. The fraction of sp³-hybridized carbons (Fsp3) is 0.250. The number of alkyl halides is 3. The Balaban J connectivity index is 2.75. The van der Waals surface area contributed by atoms with Gasteiger partial charge in [0.2, 0.25) is 0 Å². The SMILES string of the molecule is C#CC(Cc1ccc(C(F)(F)F)cc1)NC(=O)O. The van der Waals surface area contributed by atoms with Crippen molar-refractivity contribution in [1.29, 1.82) is 0 Å². The molecule has 1 atom stereocenters. The van der Waals surface area contributed by atoms with E-state index in [4.69, 9.17) is 11.5 Å². The maximum atomic E-state index is 12.3. The van der Waals surface area contributed by atoms with Crippen molar-refractivity contribution in [3.8, 4) is 12.3 Å². The molecule has 0 aliphatic heterocycles. The first-order valence-electron chi connectivity index (χ1n) is 4.94. The number of terminal acetylenes is 1. The molecule has 0 fully saturated rings. The van der Waals surface area contributed by atoms with Crippen molar-refractivity contribution < 1.29 is 23.1 Å². The summed E-state index contributed by atoms with van der Waals surface area (Å²) in [4.78, 5) is 10.4. The monoisotopic (exact) mass is 257 g/mol. The Hall–Kier alpha value is -2.16. The maximum absolute atomic E-state index is 12.3. The Morgan fingerprint density at radius 1 is 1.39 bits per heavy atom. The van der Waals surface area contributed by atoms with Gasteiger partial charge in [-0.05, 0) is 17.7 Å². The number of nitrogens with one attached hydrogen (secondary N) is 1. The van der Waals surface area contributed by atoms with E-state index in [9.17, 15) is 18.0 Å². The molecule has 0 bridgehead atoms. The summed E-state index contributed by atoms with van der Waals surface area (Å²) >= 11 is 0. The molecule has 18 heavy (non-hydrogen) atoms. The summed E-state index contributed by atoms with van der Waals surface area (Å²) in [7, 11) is 0. The van der Waals surface area contributed by atoms with E-state index in [1.807, 2.05) is 0 Å². The maximum Gasteiger partial charge on any atom is 0.416 e. The van der Waals surface area contributed by atoms with Gasteiger partial charge in [0.05, 0.1) is 11.6 Å². The Kier molecular flexibility index (Phi) is 4.21. The molecule has 1 amide bonds. The molecule has 1 aromatic rings. The number of hydrogen-bond donors (Lipinski definition) is 2. The summed E-state index contributed by atoms with van der Waals surface area (Å²) in [6.07, 6.45) is -0.407. The van der Waals surface area contributed by atoms with Crippen LogP contribution in [0.2, 0.25) is 0 Å². The van der Waals surface area contributed by atoms with Crippen molar-refractivity contribution in [1.82, 2.24) is 5.32 Å². The molecule has 0 heterocycles. The zero-order chi connectivity index (χ0) is 13.8. The van der Waals surface area contributed by atoms with E-state index in [1.165, 1.54) is 12.1 Å². The second kappa shape index (κ2) is 5.45. The fourth-order valence-corrected chi connectivity index (χ4v) is 1.37. The van der Waals surface area contributed by atoms with Crippen LogP contribution in [0.1, 0.15) is 11.1 Å². The second-order valence-electron chi connectivity index (χ2n) is 3.57. The number of carbonyl (C=O) groups is 1. The van der Waals surface area contributed by atoms with E-state index >= 15 is 0 Å². The second-order valence-corrected chi connectivity index (χ2v) is 3.57. The Morgan fingerprint density at radius 3 is 2.33 bits per heavy atom. The zero-order valence-corrected chi connectivity index (χ0v) is 9.16. The van der Waals surface area contributed by atoms with Gasteiger partial charge < -0.3 is 10.4 Å². The Bertz CT molecular complexity index is 460. The van der Waals surface area contributed by atoms with Gasteiger partial charge >= 0.3 is 12.3 Å². The van der Waals surface area contributed by atoms with Gasteiger partial charge in [0.15, 0.2) is 0 Å². The predicted octanol–water partition coefficient (Wildman–Crippen LogP) is 2.52. The van der Waals surface area contributed by atoms with Crippen LogP contribution in [-0.4, -0.2) is 17.2 Å². The van der Waals surface area contributed by atoms with Crippen LogP contribution in [0.25, 0.3) is 0 Å². The first-order valence-corrected chi connectivity index (χ1v) is 4.94. The molecule has 6 heteroatoms. The van der Waals surface area contributed by atoms with Crippen LogP contribution in [0.15, 0.2) is 24.3 Å². The minimum atomic E-state index is -4.39. The summed E-state index contributed by atoms with van der Waals surface area (Å²) in [5.41, 5.74) is -0.227. The van der Waals surface area contributed by atoms with Crippen LogP contribution in [0, 0.1) is 12.3 Å². The van der Waals surface area contributed by atoms with Gasteiger partial charge in [-0.2, -0.15) is 13.2 Å². The molecule has 96 valence electrons. The molecule has 0 radical (unpaired) electrons. The van der Waals surface area contributed by atoms with Gasteiger partial charge in [-0.1, -0.05) is 18.1 Å². The molecular weight excluding hydrogens is 247 g/mol. The van der Waals surface area contributed by atoms with Crippen LogP contribution >= 0.6 is 0 Å². The van der Waals surface area contributed by atoms with E-state index in [-0.39, 0.29) is 6.42 Å². The smallest absolute Gasteiger partial charge is 0.416 e. The van der Waals surface area contributed by atoms with Gasteiger partial charge in [0, 0.05) is 6.42 Å². The Labute approximate surface area is 102 Å². The molecule has 3 nitrogen and oxygen atoms in total. The fourth-order valence-electron chi connectivity index (χ4n) is 1.37. The molecule has 0 aliphatic carbocycles. The third-order valence-corrected chi connectivity index (χ3v) is 2.22. The van der Waals surface area contributed by atoms with Crippen molar-refractivity contribution >= 4 is 6.09 Å². The van der Waals surface area contributed by atoms with E-state index < -0.39 is 23.9 Å². The average molecular weight is 257 g/mol. The van der Waals surface area contributed by atoms with Crippen molar-refractivity contribution in [2.75, 3.05) is 0 Å².